The molecule has 4 aromatic rings. The number of carboxylic acids is 1. The number of hydrogen-bond acceptors (Lipinski definition) is 3. The number of nitrogens with zero attached hydrogens (tertiary/aromatic N) is 3. The quantitative estimate of drug-likeness (QED) is 0.480. The molecule has 0 aliphatic heterocycles. The van der Waals surface area contributed by atoms with Crippen molar-refractivity contribution in [3.8, 4) is 5.69 Å². The molecule has 0 spiro atoms. The van der Waals surface area contributed by atoms with Crippen molar-refractivity contribution in [1.82, 2.24) is 9.78 Å². The number of rotatable bonds is 4. The molecule has 0 fully saturated rings. The van der Waals surface area contributed by atoms with E-state index in [1.807, 2.05) is 80.1 Å². The molecule has 5 nitrogen and oxygen atoms in total. The van der Waals surface area contributed by atoms with Crippen LogP contribution in [0.25, 0.3) is 16.5 Å². The van der Waals surface area contributed by atoms with Crippen LogP contribution in [0.4, 0.5) is 5.69 Å². The van der Waals surface area contributed by atoms with E-state index in [-0.39, 0.29) is 5.56 Å². The monoisotopic (exact) mass is 383 g/mol. The summed E-state index contributed by atoms with van der Waals surface area (Å²) in [6, 6.07) is 19.2. The molecule has 29 heavy (non-hydrogen) atoms. The van der Waals surface area contributed by atoms with Crippen LogP contribution in [0, 0.1) is 20.8 Å². The van der Waals surface area contributed by atoms with Crippen molar-refractivity contribution in [1.29, 1.82) is 0 Å². The lowest BCUT2D eigenvalue weighted by Crippen LogP contribution is -2.01. The van der Waals surface area contributed by atoms with Crippen LogP contribution in [-0.2, 0) is 0 Å². The van der Waals surface area contributed by atoms with E-state index in [0.29, 0.717) is 5.69 Å². The molecule has 4 rings (SSSR count). The normalized spacial score (nSPS) is 11.4. The highest BCUT2D eigenvalue weighted by molar-refractivity contribution is 6.01. The predicted octanol–water partition coefficient (Wildman–Crippen LogP) is 5.40. The number of carboxylic acid groups (broad SMARTS) is 1. The van der Waals surface area contributed by atoms with Crippen LogP contribution in [0.1, 0.15) is 32.9 Å². The number of aryl methyl sites for hydroxylation is 2. The zero-order chi connectivity index (χ0) is 20.5. The fourth-order valence-corrected chi connectivity index (χ4v) is 3.52. The summed E-state index contributed by atoms with van der Waals surface area (Å²) in [4.78, 5) is 16.3. The number of fused-ring (bicyclic) bond motifs is 1. The van der Waals surface area contributed by atoms with Crippen molar-refractivity contribution < 1.29 is 9.90 Å². The number of aromatic nitrogens is 2. The summed E-state index contributed by atoms with van der Waals surface area (Å²) in [6.07, 6.45) is 1.71. The Hall–Kier alpha value is -3.73. The molecule has 0 saturated heterocycles. The van der Waals surface area contributed by atoms with Gasteiger partial charge in [0, 0.05) is 11.8 Å². The van der Waals surface area contributed by atoms with Crippen LogP contribution >= 0.6 is 0 Å². The molecule has 1 aromatic heterocycles. The van der Waals surface area contributed by atoms with Gasteiger partial charge in [0.2, 0.25) is 0 Å². The van der Waals surface area contributed by atoms with Gasteiger partial charge in [0.05, 0.1) is 28.3 Å². The van der Waals surface area contributed by atoms with Gasteiger partial charge in [0.15, 0.2) is 0 Å². The highest BCUT2D eigenvalue weighted by atomic mass is 16.4. The van der Waals surface area contributed by atoms with Gasteiger partial charge in [-0.15, -0.1) is 0 Å². The SMILES string of the molecule is Cc1ccccc1-n1nc(C)c(C=Nc2cc3ccccc3cc2C(=O)O)c1C. The van der Waals surface area contributed by atoms with Crippen molar-refractivity contribution in [3.63, 3.8) is 0 Å². The molecule has 5 heteroatoms. The van der Waals surface area contributed by atoms with Crippen molar-refractivity contribution in [3.05, 3.63) is 88.7 Å². The average molecular weight is 383 g/mol. The Labute approximate surface area is 169 Å². The molecule has 144 valence electrons. The fourth-order valence-electron chi connectivity index (χ4n) is 3.52. The van der Waals surface area contributed by atoms with Crippen LogP contribution in [0.3, 0.4) is 0 Å². The largest absolute Gasteiger partial charge is 0.478 e. The molecule has 0 bridgehead atoms. The Balaban J connectivity index is 1.80. The Kier molecular flexibility index (Phi) is 4.72. The Morgan fingerprint density at radius 3 is 2.34 bits per heavy atom. The highest BCUT2D eigenvalue weighted by Crippen LogP contribution is 2.27. The van der Waals surface area contributed by atoms with Crippen LogP contribution in [-0.4, -0.2) is 27.1 Å². The molecular formula is C24H21N3O2. The first-order valence-electron chi connectivity index (χ1n) is 9.38. The molecular weight excluding hydrogens is 362 g/mol. The average Bonchev–Trinajstić information content (AvgIpc) is 2.99. The zero-order valence-electron chi connectivity index (χ0n) is 16.5. The minimum absolute atomic E-state index is 0.182. The second-order valence-electron chi connectivity index (χ2n) is 7.06. The van der Waals surface area contributed by atoms with Crippen molar-refractivity contribution >= 4 is 28.6 Å². The minimum atomic E-state index is -0.994. The Morgan fingerprint density at radius 2 is 1.66 bits per heavy atom. The molecule has 0 saturated carbocycles. The van der Waals surface area contributed by atoms with E-state index in [9.17, 15) is 9.90 Å². The van der Waals surface area contributed by atoms with Gasteiger partial charge in [-0.1, -0.05) is 42.5 Å². The first kappa shape index (κ1) is 18.6. The maximum Gasteiger partial charge on any atom is 0.337 e. The molecule has 3 aromatic carbocycles. The van der Waals surface area contributed by atoms with E-state index in [4.69, 9.17) is 0 Å². The third-order valence-electron chi connectivity index (χ3n) is 5.12. The smallest absolute Gasteiger partial charge is 0.337 e. The molecule has 0 unspecified atom stereocenters. The summed E-state index contributed by atoms with van der Waals surface area (Å²) in [7, 11) is 0. The number of para-hydroxylation sites is 1. The second-order valence-corrected chi connectivity index (χ2v) is 7.06. The van der Waals surface area contributed by atoms with Gasteiger partial charge in [0.1, 0.15) is 0 Å². The maximum atomic E-state index is 11.7. The number of aliphatic imine (C=N–C) groups is 1. The number of aromatic carboxylic acids is 1. The lowest BCUT2D eigenvalue weighted by atomic mass is 10.0. The molecule has 0 radical (unpaired) electrons. The maximum absolute atomic E-state index is 11.7. The van der Waals surface area contributed by atoms with E-state index < -0.39 is 5.97 Å². The molecule has 0 aliphatic carbocycles. The third-order valence-corrected chi connectivity index (χ3v) is 5.12. The topological polar surface area (TPSA) is 67.5 Å². The van der Waals surface area contributed by atoms with Crippen LogP contribution < -0.4 is 0 Å². The van der Waals surface area contributed by atoms with Gasteiger partial charge in [0.25, 0.3) is 0 Å². The Morgan fingerprint density at radius 1 is 1.00 bits per heavy atom. The first-order chi connectivity index (χ1) is 14.0. The van der Waals surface area contributed by atoms with Crippen molar-refractivity contribution in [2.45, 2.75) is 20.8 Å². The van der Waals surface area contributed by atoms with Crippen LogP contribution in [0.5, 0.6) is 0 Å². The highest BCUT2D eigenvalue weighted by Gasteiger charge is 2.14. The first-order valence-corrected chi connectivity index (χ1v) is 9.38. The minimum Gasteiger partial charge on any atom is -0.478 e. The second kappa shape index (κ2) is 7.36. The lowest BCUT2D eigenvalue weighted by Gasteiger charge is -2.07. The van der Waals surface area contributed by atoms with Gasteiger partial charge < -0.3 is 5.11 Å². The van der Waals surface area contributed by atoms with Crippen LogP contribution in [0.15, 0.2) is 65.7 Å². The van der Waals surface area contributed by atoms with Gasteiger partial charge >= 0.3 is 5.97 Å². The summed E-state index contributed by atoms with van der Waals surface area (Å²) in [6.45, 7) is 5.97. The van der Waals surface area contributed by atoms with E-state index in [0.717, 1.165) is 39.0 Å². The van der Waals surface area contributed by atoms with Gasteiger partial charge in [-0.25, -0.2) is 9.48 Å². The zero-order valence-corrected chi connectivity index (χ0v) is 16.5. The summed E-state index contributed by atoms with van der Waals surface area (Å²) in [5.74, 6) is -0.994. The molecule has 0 aliphatic rings. The van der Waals surface area contributed by atoms with Crippen molar-refractivity contribution in [2.75, 3.05) is 0 Å². The third kappa shape index (κ3) is 3.43. The molecule has 0 atom stereocenters. The van der Waals surface area contributed by atoms with E-state index in [1.165, 1.54) is 0 Å². The molecule has 1 heterocycles. The summed E-state index contributed by atoms with van der Waals surface area (Å²) in [5.41, 5.74) is 5.44. The van der Waals surface area contributed by atoms with Crippen LogP contribution in [0.2, 0.25) is 0 Å². The van der Waals surface area contributed by atoms with E-state index >= 15 is 0 Å². The molecule has 1 N–H and O–H groups in total. The van der Waals surface area contributed by atoms with Gasteiger partial charge in [-0.2, -0.15) is 5.10 Å². The summed E-state index contributed by atoms with van der Waals surface area (Å²) in [5, 5.41) is 16.1. The number of benzene rings is 3. The standard InChI is InChI=1S/C24H21N3O2/c1-15-8-4-7-11-23(15)27-17(3)21(16(2)26-27)14-25-22-13-19-10-6-5-9-18(19)12-20(22)24(28)29/h4-14H,1-3H3,(H,28,29). The lowest BCUT2D eigenvalue weighted by molar-refractivity contribution is 0.0698. The predicted molar refractivity (Wildman–Crippen MR) is 116 cm³/mol. The Bertz CT molecular complexity index is 1270. The van der Waals surface area contributed by atoms with E-state index in [1.54, 1.807) is 12.3 Å². The van der Waals surface area contributed by atoms with Crippen molar-refractivity contribution in [2.24, 2.45) is 4.99 Å². The molecule has 0 amide bonds. The fraction of sp³-hybridized carbons (Fsp3) is 0.125. The van der Waals surface area contributed by atoms with E-state index in [2.05, 4.69) is 10.1 Å². The number of carbonyl (C=O) groups is 1. The van der Waals surface area contributed by atoms with Gasteiger partial charge in [-0.05, 0) is 55.3 Å². The summed E-state index contributed by atoms with van der Waals surface area (Å²) >= 11 is 0. The summed E-state index contributed by atoms with van der Waals surface area (Å²) < 4.78 is 1.91. The van der Waals surface area contributed by atoms with Gasteiger partial charge in [-0.3, -0.25) is 4.99 Å². The number of hydrogen-bond donors (Lipinski definition) is 1.